The second kappa shape index (κ2) is 7.29. The largest absolute Gasteiger partial charge is 0.497 e. The molecule has 2 aromatic rings. The van der Waals surface area contributed by atoms with Crippen molar-refractivity contribution in [2.24, 2.45) is 0 Å². The second-order valence-corrected chi connectivity index (χ2v) is 6.82. The van der Waals surface area contributed by atoms with Crippen LogP contribution < -0.4 is 10.1 Å². The molecule has 0 spiro atoms. The molecule has 1 saturated heterocycles. The van der Waals surface area contributed by atoms with Crippen LogP contribution in [0.5, 0.6) is 5.75 Å². The third kappa shape index (κ3) is 3.92. The molecular weight excluding hydrogens is 326 g/mol. The van der Waals surface area contributed by atoms with Gasteiger partial charge in [-0.2, -0.15) is 0 Å². The Hall–Kier alpha value is -1.96. The van der Waals surface area contributed by atoms with Crippen molar-refractivity contribution in [1.82, 2.24) is 9.88 Å². The van der Waals surface area contributed by atoms with Gasteiger partial charge in [0.1, 0.15) is 5.75 Å². The Bertz CT molecular complexity index is 665. The highest BCUT2D eigenvalue weighted by atomic mass is 32.1. The topological polar surface area (TPSA) is 74.7 Å². The van der Waals surface area contributed by atoms with E-state index in [2.05, 4.69) is 15.2 Å². The van der Waals surface area contributed by atoms with Gasteiger partial charge in [-0.3, -0.25) is 9.69 Å². The van der Waals surface area contributed by atoms with Gasteiger partial charge in [0, 0.05) is 24.7 Å². The molecule has 2 N–H and O–H groups in total. The van der Waals surface area contributed by atoms with Crippen LogP contribution in [-0.2, 0) is 10.4 Å². The fraction of sp³-hybridized carbons (Fsp3) is 0.412. The Labute approximate surface area is 145 Å². The summed E-state index contributed by atoms with van der Waals surface area (Å²) < 4.78 is 5.15. The monoisotopic (exact) mass is 347 g/mol. The number of anilines is 1. The van der Waals surface area contributed by atoms with Crippen molar-refractivity contribution < 1.29 is 14.6 Å². The summed E-state index contributed by atoms with van der Waals surface area (Å²) in [6, 6.07) is 7.54. The zero-order chi connectivity index (χ0) is 17.0. The van der Waals surface area contributed by atoms with E-state index in [1.165, 1.54) is 11.3 Å². The van der Waals surface area contributed by atoms with E-state index in [4.69, 9.17) is 4.74 Å². The van der Waals surface area contributed by atoms with Crippen molar-refractivity contribution >= 4 is 22.4 Å². The van der Waals surface area contributed by atoms with Gasteiger partial charge in [-0.15, -0.1) is 11.3 Å². The summed E-state index contributed by atoms with van der Waals surface area (Å²) in [5.41, 5.74) is 0.0596. The molecule has 24 heavy (non-hydrogen) atoms. The van der Waals surface area contributed by atoms with Crippen LogP contribution in [0, 0.1) is 0 Å². The first-order valence-corrected chi connectivity index (χ1v) is 8.76. The molecule has 0 unspecified atom stereocenters. The van der Waals surface area contributed by atoms with Crippen molar-refractivity contribution in [2.45, 2.75) is 18.4 Å². The number of likely N-dealkylation sites (tertiary alicyclic amines) is 1. The predicted octanol–water partition coefficient (Wildman–Crippen LogP) is 2.07. The number of amides is 1. The maximum atomic E-state index is 12.0. The van der Waals surface area contributed by atoms with Gasteiger partial charge < -0.3 is 15.2 Å². The number of nitrogens with one attached hydrogen (secondary N) is 1. The number of piperidine rings is 1. The van der Waals surface area contributed by atoms with Gasteiger partial charge in [0.25, 0.3) is 0 Å². The number of carbonyl (C=O) groups excluding carboxylic acids is 1. The zero-order valence-corrected chi connectivity index (χ0v) is 14.4. The number of hydrogen-bond donors (Lipinski definition) is 2. The van der Waals surface area contributed by atoms with Crippen molar-refractivity contribution in [2.75, 3.05) is 32.1 Å². The van der Waals surface area contributed by atoms with Crippen molar-refractivity contribution in [3.63, 3.8) is 0 Å². The van der Waals surface area contributed by atoms with Gasteiger partial charge in [-0.1, -0.05) is 12.1 Å². The minimum absolute atomic E-state index is 0.0696. The molecule has 3 rings (SSSR count). The molecule has 0 bridgehead atoms. The number of ether oxygens (including phenoxy) is 1. The van der Waals surface area contributed by atoms with Crippen LogP contribution in [0.4, 0.5) is 5.13 Å². The highest BCUT2D eigenvalue weighted by Gasteiger charge is 2.34. The van der Waals surface area contributed by atoms with Gasteiger partial charge in [0.05, 0.1) is 19.3 Å². The molecule has 2 heterocycles. The second-order valence-electron chi connectivity index (χ2n) is 5.92. The number of thiazole rings is 1. The quantitative estimate of drug-likeness (QED) is 0.866. The summed E-state index contributed by atoms with van der Waals surface area (Å²) in [5.74, 6) is 0.707. The highest BCUT2D eigenvalue weighted by Crippen LogP contribution is 2.33. The van der Waals surface area contributed by atoms with Crippen LogP contribution in [-0.4, -0.2) is 47.6 Å². The van der Waals surface area contributed by atoms with E-state index in [1.54, 1.807) is 13.3 Å². The Balaban J connectivity index is 1.53. The minimum atomic E-state index is -0.839. The first-order valence-electron chi connectivity index (χ1n) is 7.88. The molecule has 7 heteroatoms. The van der Waals surface area contributed by atoms with Crippen molar-refractivity contribution in [3.05, 3.63) is 41.4 Å². The maximum Gasteiger partial charge on any atom is 0.240 e. The molecular formula is C17H21N3O3S. The Kier molecular flexibility index (Phi) is 5.13. The van der Waals surface area contributed by atoms with E-state index in [-0.39, 0.29) is 5.91 Å². The summed E-state index contributed by atoms with van der Waals surface area (Å²) in [4.78, 5) is 18.1. The average Bonchev–Trinajstić information content (AvgIpc) is 3.10. The summed E-state index contributed by atoms with van der Waals surface area (Å²) in [5, 5.41) is 16.1. The van der Waals surface area contributed by atoms with Gasteiger partial charge in [-0.05, 0) is 30.5 Å². The first kappa shape index (κ1) is 16.9. The van der Waals surface area contributed by atoms with Crippen LogP contribution in [0.15, 0.2) is 35.8 Å². The SMILES string of the molecule is COc1ccc(C2(O)CCN(CC(=O)Nc3nccs3)CC2)cc1. The summed E-state index contributed by atoms with van der Waals surface area (Å²) in [7, 11) is 1.62. The minimum Gasteiger partial charge on any atom is -0.497 e. The number of methoxy groups -OCH3 is 1. The lowest BCUT2D eigenvalue weighted by molar-refractivity contribution is -0.118. The van der Waals surface area contributed by atoms with Crippen molar-refractivity contribution in [1.29, 1.82) is 0 Å². The Morgan fingerprint density at radius 3 is 2.67 bits per heavy atom. The fourth-order valence-corrected chi connectivity index (χ4v) is 3.46. The molecule has 1 aliphatic heterocycles. The molecule has 1 amide bonds. The van der Waals surface area contributed by atoms with E-state index >= 15 is 0 Å². The van der Waals surface area contributed by atoms with Gasteiger partial charge in [0.15, 0.2) is 5.13 Å². The zero-order valence-electron chi connectivity index (χ0n) is 13.6. The van der Waals surface area contributed by atoms with E-state index < -0.39 is 5.60 Å². The third-order valence-corrected chi connectivity index (χ3v) is 5.05. The average molecular weight is 347 g/mol. The summed E-state index contributed by atoms with van der Waals surface area (Å²) in [6.45, 7) is 1.67. The lowest BCUT2D eigenvalue weighted by Crippen LogP contribution is -2.45. The number of aromatic nitrogens is 1. The number of rotatable bonds is 5. The number of hydrogen-bond acceptors (Lipinski definition) is 6. The predicted molar refractivity (Wildman–Crippen MR) is 93.3 cm³/mol. The van der Waals surface area contributed by atoms with Gasteiger partial charge in [0.2, 0.25) is 5.91 Å². The lowest BCUT2D eigenvalue weighted by Gasteiger charge is -2.38. The van der Waals surface area contributed by atoms with Crippen molar-refractivity contribution in [3.8, 4) is 5.75 Å². The molecule has 0 aliphatic carbocycles. The first-order chi connectivity index (χ1) is 11.6. The fourth-order valence-electron chi connectivity index (χ4n) is 2.92. The summed E-state index contributed by atoms with van der Waals surface area (Å²) >= 11 is 1.40. The lowest BCUT2D eigenvalue weighted by atomic mass is 9.84. The number of carbonyl (C=O) groups is 1. The van der Waals surface area contributed by atoms with Gasteiger partial charge >= 0.3 is 0 Å². The van der Waals surface area contributed by atoms with Crippen LogP contribution in [0.3, 0.4) is 0 Å². The number of benzene rings is 1. The Morgan fingerprint density at radius 1 is 1.38 bits per heavy atom. The molecule has 0 atom stereocenters. The van der Waals surface area contributed by atoms with Gasteiger partial charge in [-0.25, -0.2) is 4.98 Å². The Morgan fingerprint density at radius 2 is 2.08 bits per heavy atom. The standard InChI is InChI=1S/C17H21N3O3S/c1-23-14-4-2-13(3-5-14)17(22)6-9-20(10-7-17)12-15(21)19-16-18-8-11-24-16/h2-5,8,11,22H,6-7,9-10,12H2,1H3,(H,18,19,21). The van der Waals surface area contributed by atoms with Crippen LogP contribution in [0.25, 0.3) is 0 Å². The van der Waals surface area contributed by atoms with E-state index in [0.29, 0.717) is 37.6 Å². The molecule has 1 aliphatic rings. The molecule has 1 aromatic carbocycles. The van der Waals surface area contributed by atoms with E-state index in [1.807, 2.05) is 29.6 Å². The van der Waals surface area contributed by atoms with E-state index in [0.717, 1.165) is 11.3 Å². The summed E-state index contributed by atoms with van der Waals surface area (Å²) in [6.07, 6.45) is 2.86. The van der Waals surface area contributed by atoms with Crippen LogP contribution in [0.1, 0.15) is 18.4 Å². The molecule has 1 fully saturated rings. The molecule has 6 nitrogen and oxygen atoms in total. The number of aliphatic hydroxyl groups is 1. The molecule has 0 radical (unpaired) electrons. The van der Waals surface area contributed by atoms with Crippen LogP contribution in [0.2, 0.25) is 0 Å². The maximum absolute atomic E-state index is 12.0. The number of nitrogens with zero attached hydrogens (tertiary/aromatic N) is 2. The highest BCUT2D eigenvalue weighted by molar-refractivity contribution is 7.13. The normalized spacial score (nSPS) is 17.4. The van der Waals surface area contributed by atoms with Crippen LogP contribution >= 0.6 is 11.3 Å². The van der Waals surface area contributed by atoms with E-state index in [9.17, 15) is 9.90 Å². The molecule has 1 aromatic heterocycles. The third-order valence-electron chi connectivity index (χ3n) is 4.36. The molecule has 0 saturated carbocycles. The molecule has 128 valence electrons. The smallest absolute Gasteiger partial charge is 0.240 e.